The summed E-state index contributed by atoms with van der Waals surface area (Å²) in [5.74, 6) is 7.26. The maximum Gasteiger partial charge on any atom is 0.249 e. The Labute approximate surface area is 810 Å². The summed E-state index contributed by atoms with van der Waals surface area (Å²) in [6.45, 7) is 40.0. The second-order valence-electron chi connectivity index (χ2n) is 40.7. The van der Waals surface area contributed by atoms with Crippen molar-refractivity contribution in [1.82, 2.24) is 51.9 Å². The number of imidazole rings is 3. The molecular weight excluding hydrogens is 1930 g/mol. The third-order valence-corrected chi connectivity index (χ3v) is 25.2. The van der Waals surface area contributed by atoms with E-state index in [-0.39, 0.29) is 77.5 Å². The van der Waals surface area contributed by atoms with Crippen LogP contribution in [0.4, 0.5) is 0 Å². The van der Waals surface area contributed by atoms with Gasteiger partial charge in [-0.05, 0) is 177 Å². The van der Waals surface area contributed by atoms with Crippen LogP contribution in [-0.4, -0.2) is 51.9 Å². The third kappa shape index (κ3) is 17.8. The molecule has 0 fully saturated rings. The first-order valence-corrected chi connectivity index (χ1v) is 45.2. The molecule has 15 nitrogen and oxygen atoms in total. The van der Waals surface area contributed by atoms with Crippen LogP contribution in [0.15, 0.2) is 317 Å². The van der Waals surface area contributed by atoms with Crippen LogP contribution in [0.3, 0.4) is 0 Å². The fourth-order valence-electron chi connectivity index (χ4n) is 18.2. The van der Waals surface area contributed by atoms with Gasteiger partial charge in [-0.2, -0.15) is 16.7 Å². The molecule has 0 saturated heterocycles. The van der Waals surface area contributed by atoms with Gasteiger partial charge in [0.15, 0.2) is 28.4 Å². The molecule has 21 rings (SSSR count). The van der Waals surface area contributed by atoms with Crippen molar-refractivity contribution in [2.75, 3.05) is 0 Å². The summed E-state index contributed by atoms with van der Waals surface area (Å²) in [4.78, 5) is 19.1. The number of hydrogen-bond donors (Lipinski definition) is 0. The van der Waals surface area contributed by atoms with Gasteiger partial charge in [-0.1, -0.05) is 233 Å². The number of aryl methyl sites for hydroxylation is 2. The van der Waals surface area contributed by atoms with E-state index in [2.05, 4.69) is 460 Å². The summed E-state index contributed by atoms with van der Waals surface area (Å²) in [6.07, 6.45) is 11.8. The van der Waals surface area contributed by atoms with Crippen molar-refractivity contribution >= 4 is 98.5 Å². The monoisotopic (exact) mass is 2040 g/mol. The van der Waals surface area contributed by atoms with Crippen molar-refractivity contribution in [2.24, 2.45) is 14.1 Å². The standard InChI is InChI=1S/C39H39N4O.C39H37N4O.C38H36N4O.HI.Pt/c2*1-38(2,3)26-20-21-40-37(22-26)43-32-13-9-8-12-29(32)30-18-17-28(24-35(30)43)44-36-23-27(16-19-31(36)39(4,5)6)42-25-41(7)33-14-10-11-15-34(33)42;1-37(2,3)25-19-20-39-36(21-25)42-32-13-9-7-11-28(32)29-17-16-27(23-34(29)42)43-35-22-26(15-18-30(35)38(4,5)6)41-24-40-31-12-8-10-14-33(31)41;;/h8-25H,1-7H3;8-22,25H,1-7H3;7-24H,1-6H3;1H;/q+1;-1;;;/p-1. The average molecular weight is 2040 g/mol. The van der Waals surface area contributed by atoms with Gasteiger partial charge in [-0.25, -0.2) is 33.6 Å². The van der Waals surface area contributed by atoms with Gasteiger partial charge in [0.05, 0.1) is 45.8 Å². The number of hydrogen-bond acceptors (Lipinski definition) is 7. The molecule has 17 heteroatoms. The number of nitrogens with zero attached hydrogens (tertiary/aromatic N) is 12. The third-order valence-electron chi connectivity index (χ3n) is 25.2. The van der Waals surface area contributed by atoms with Crippen LogP contribution in [0.2, 0.25) is 0 Å². The number of fused-ring (bicyclic) bond motifs is 12. The number of benzene rings is 12. The Bertz CT molecular complexity index is 7700. The van der Waals surface area contributed by atoms with E-state index in [9.17, 15) is 0 Å². The molecular formula is C116H112IN12O3Pt-. The van der Waals surface area contributed by atoms with Gasteiger partial charge in [0, 0.05) is 138 Å². The number of ether oxygens (including phenoxy) is 3. The van der Waals surface area contributed by atoms with Crippen molar-refractivity contribution in [3.05, 3.63) is 362 Å². The average Bonchev–Trinajstić information content (AvgIpc) is 1.59. The largest absolute Gasteiger partial charge is 1.00 e. The number of aromatic nitrogens is 12. The maximum absolute atomic E-state index is 6.84. The van der Waals surface area contributed by atoms with Crippen LogP contribution in [0.5, 0.6) is 34.5 Å². The van der Waals surface area contributed by atoms with Crippen molar-refractivity contribution < 1.29 is 63.8 Å². The summed E-state index contributed by atoms with van der Waals surface area (Å²) in [7, 11) is 4.15. The molecule has 9 aromatic heterocycles. The molecule has 12 aromatic carbocycles. The molecule has 0 N–H and O–H groups in total. The zero-order chi connectivity index (χ0) is 91.5. The van der Waals surface area contributed by atoms with Gasteiger partial charge >= 0.3 is 0 Å². The van der Waals surface area contributed by atoms with E-state index in [1.54, 1.807) is 0 Å². The minimum Gasteiger partial charge on any atom is -1.00 e. The Morgan fingerprint density at radius 2 is 0.752 bits per heavy atom. The topological polar surface area (TPSA) is 118 Å². The molecule has 0 atom stereocenters. The molecule has 0 bridgehead atoms. The second kappa shape index (κ2) is 35.4. The number of pyridine rings is 3. The maximum atomic E-state index is 6.84. The van der Waals surface area contributed by atoms with Crippen LogP contribution >= 0.6 is 0 Å². The van der Waals surface area contributed by atoms with Crippen molar-refractivity contribution in [3.63, 3.8) is 0 Å². The number of para-hydroxylation sites is 9. The minimum absolute atomic E-state index is 0. The van der Waals surface area contributed by atoms with E-state index < -0.39 is 0 Å². The molecule has 0 saturated carbocycles. The van der Waals surface area contributed by atoms with Gasteiger partial charge in [-0.3, -0.25) is 13.7 Å². The first kappa shape index (κ1) is 91.6. The summed E-state index contributed by atoms with van der Waals surface area (Å²) in [5, 5.41) is 6.99. The molecule has 0 aliphatic rings. The molecule has 672 valence electrons. The van der Waals surface area contributed by atoms with Crippen molar-refractivity contribution in [2.45, 2.75) is 157 Å². The summed E-state index contributed by atoms with van der Waals surface area (Å²) < 4.78 is 37.9. The van der Waals surface area contributed by atoms with Crippen LogP contribution in [-0.2, 0) is 67.7 Å². The van der Waals surface area contributed by atoms with E-state index >= 15 is 0 Å². The minimum atomic E-state index is -0.149. The quantitative estimate of drug-likeness (QED) is 0.0679. The first-order chi connectivity index (χ1) is 62.5. The Hall–Kier alpha value is -13.3. The van der Waals surface area contributed by atoms with E-state index in [4.69, 9.17) is 29.2 Å². The Kier molecular flexibility index (Phi) is 24.4. The molecule has 9 heterocycles. The predicted octanol–water partition coefficient (Wildman–Crippen LogP) is 26.0. The van der Waals surface area contributed by atoms with E-state index in [0.29, 0.717) is 11.5 Å². The van der Waals surface area contributed by atoms with Gasteiger partial charge in [0.25, 0.3) is 0 Å². The van der Waals surface area contributed by atoms with Crippen molar-refractivity contribution in [3.8, 4) is 69.0 Å². The van der Waals surface area contributed by atoms with E-state index in [0.717, 1.165) is 146 Å². The Morgan fingerprint density at radius 1 is 0.338 bits per heavy atom. The molecule has 0 aliphatic heterocycles. The Morgan fingerprint density at radius 3 is 1.26 bits per heavy atom. The summed E-state index contributed by atoms with van der Waals surface area (Å²) in [6, 6.07) is 105. The van der Waals surface area contributed by atoms with Crippen LogP contribution < -0.4 is 42.8 Å². The van der Waals surface area contributed by atoms with Crippen LogP contribution in [0.25, 0.3) is 133 Å². The molecule has 0 spiro atoms. The smallest absolute Gasteiger partial charge is 0.249 e. The fraction of sp³-hybridized carbons (Fsp3) is 0.224. The molecule has 0 unspecified atom stereocenters. The van der Waals surface area contributed by atoms with Gasteiger partial charge < -0.3 is 42.8 Å². The number of rotatable bonds is 12. The molecule has 21 aromatic rings. The SMILES string of the molecule is CC(C)(C)c1ccnc(-n2c3ccccc3c3ccc(Oc4cc(-n5cnc6ccccc65)ccc4C(C)(C)C)cc32)c1.C[n+]1cn(-c2ccc(C(C)(C)C)c(Oc3ccc4c5ccccc5n(-c5cc(C(C)(C)C)ccn5)c4c3)c2)c2ccccc21.Cn1[cH+]n(-c2[c-]c(Oc3[c-]c4c(cc3)c3ccccc3n4-c3cc(C(C)(C)C)ccn3)c(C(C)(C)C)cc2)c2ccccc21.[I-].[Pt]. The number of halogens is 1. The van der Waals surface area contributed by atoms with Crippen molar-refractivity contribution in [1.29, 1.82) is 0 Å². The molecule has 0 radical (unpaired) electrons. The van der Waals surface area contributed by atoms with Crippen LogP contribution in [0.1, 0.15) is 158 Å². The van der Waals surface area contributed by atoms with E-state index in [1.807, 2.05) is 49.2 Å². The summed E-state index contributed by atoms with van der Waals surface area (Å²) >= 11 is 0. The molecule has 0 amide bonds. The second-order valence-corrected chi connectivity index (χ2v) is 40.7. The fourth-order valence-corrected chi connectivity index (χ4v) is 18.2. The first-order valence-electron chi connectivity index (χ1n) is 45.2. The van der Waals surface area contributed by atoms with E-state index in [1.165, 1.54) is 43.8 Å². The van der Waals surface area contributed by atoms with Crippen LogP contribution in [0, 0.1) is 12.1 Å². The van der Waals surface area contributed by atoms with Gasteiger partial charge in [0.1, 0.15) is 52.5 Å². The van der Waals surface area contributed by atoms with Gasteiger partial charge in [0.2, 0.25) is 6.33 Å². The zero-order valence-electron chi connectivity index (χ0n) is 79.3. The summed E-state index contributed by atoms with van der Waals surface area (Å²) in [5.41, 5.74) is 22.8. The normalized spacial score (nSPS) is 12.2. The molecule has 133 heavy (non-hydrogen) atoms. The predicted molar refractivity (Wildman–Crippen MR) is 538 cm³/mol. The zero-order valence-corrected chi connectivity index (χ0v) is 83.7. The van der Waals surface area contributed by atoms with Gasteiger partial charge in [-0.15, -0.1) is 29.1 Å². The Balaban J connectivity index is 0.000000138. The molecule has 0 aliphatic carbocycles.